The predicted octanol–water partition coefficient (Wildman–Crippen LogP) is 1.47. The van der Waals surface area contributed by atoms with Crippen molar-refractivity contribution in [2.24, 2.45) is 4.99 Å². The molecule has 23 heavy (non-hydrogen) atoms. The van der Waals surface area contributed by atoms with Gasteiger partial charge in [-0.1, -0.05) is 0 Å². The molecule has 0 radical (unpaired) electrons. The van der Waals surface area contributed by atoms with Crippen molar-refractivity contribution in [3.05, 3.63) is 0 Å². The number of rotatable bonds is 13. The molecule has 0 atom stereocenters. The van der Waals surface area contributed by atoms with Gasteiger partial charge in [0, 0.05) is 33.4 Å². The van der Waals surface area contributed by atoms with Crippen molar-refractivity contribution in [3.63, 3.8) is 0 Å². The maximum Gasteiger partial charge on any atom is 0.191 e. The molecule has 6 nitrogen and oxygen atoms in total. The molecule has 6 heteroatoms. The van der Waals surface area contributed by atoms with Crippen molar-refractivity contribution in [1.82, 2.24) is 15.5 Å². The minimum absolute atomic E-state index is 0.658. The monoisotopic (exact) mass is 328 g/mol. The van der Waals surface area contributed by atoms with E-state index in [9.17, 15) is 0 Å². The number of unbranched alkanes of at least 4 members (excludes halogenated alkanes) is 1. The van der Waals surface area contributed by atoms with Crippen molar-refractivity contribution in [2.75, 3.05) is 66.2 Å². The van der Waals surface area contributed by atoms with E-state index in [-0.39, 0.29) is 0 Å². The first-order valence-corrected chi connectivity index (χ1v) is 9.18. The zero-order valence-corrected chi connectivity index (χ0v) is 15.1. The first-order valence-electron chi connectivity index (χ1n) is 9.18. The number of aliphatic imine (C=N–C) groups is 1. The van der Waals surface area contributed by atoms with Crippen LogP contribution in [0.3, 0.4) is 0 Å². The molecule has 136 valence electrons. The van der Waals surface area contributed by atoms with Crippen LogP contribution in [0.1, 0.15) is 39.0 Å². The number of likely N-dealkylation sites (tertiary alicyclic amines) is 1. The highest BCUT2D eigenvalue weighted by Gasteiger charge is 2.09. The molecular weight excluding hydrogens is 292 g/mol. The lowest BCUT2D eigenvalue weighted by Gasteiger charge is -2.15. The summed E-state index contributed by atoms with van der Waals surface area (Å²) < 4.78 is 10.4. The average Bonchev–Trinajstić information content (AvgIpc) is 3.07. The fraction of sp³-hybridized carbons (Fsp3) is 0.941. The molecule has 1 aliphatic heterocycles. The number of guanidine groups is 1. The maximum absolute atomic E-state index is 5.44. The molecule has 0 aromatic carbocycles. The summed E-state index contributed by atoms with van der Waals surface area (Å²) in [4.78, 5) is 7.15. The Labute approximate surface area is 142 Å². The van der Waals surface area contributed by atoms with Crippen LogP contribution in [0.25, 0.3) is 0 Å². The van der Waals surface area contributed by atoms with Gasteiger partial charge in [0.15, 0.2) is 5.96 Å². The quantitative estimate of drug-likeness (QED) is 0.305. The van der Waals surface area contributed by atoms with Crippen molar-refractivity contribution in [2.45, 2.75) is 39.0 Å². The smallest absolute Gasteiger partial charge is 0.191 e. The Morgan fingerprint density at radius 3 is 2.61 bits per heavy atom. The Bertz CT molecular complexity index is 294. The second-order valence-corrected chi connectivity index (χ2v) is 5.90. The lowest BCUT2D eigenvalue weighted by atomic mass is 10.3. The first-order chi connectivity index (χ1) is 11.4. The molecule has 1 fully saturated rings. The summed E-state index contributed by atoms with van der Waals surface area (Å²) in [7, 11) is 1.69. The minimum Gasteiger partial charge on any atom is -0.382 e. The van der Waals surface area contributed by atoms with Gasteiger partial charge in [-0.3, -0.25) is 4.99 Å². The van der Waals surface area contributed by atoms with Gasteiger partial charge in [0.2, 0.25) is 0 Å². The molecule has 1 aliphatic rings. The van der Waals surface area contributed by atoms with E-state index in [1.807, 2.05) is 0 Å². The van der Waals surface area contributed by atoms with Crippen molar-refractivity contribution in [3.8, 4) is 0 Å². The van der Waals surface area contributed by atoms with Gasteiger partial charge in [0.1, 0.15) is 0 Å². The first kappa shape index (κ1) is 20.2. The number of hydrogen-bond donors (Lipinski definition) is 2. The van der Waals surface area contributed by atoms with Crippen LogP contribution < -0.4 is 10.6 Å². The summed E-state index contributed by atoms with van der Waals surface area (Å²) >= 11 is 0. The summed E-state index contributed by atoms with van der Waals surface area (Å²) in [5.74, 6) is 0.922. The highest BCUT2D eigenvalue weighted by Crippen LogP contribution is 2.07. The molecule has 2 N–H and O–H groups in total. The molecule has 1 saturated heterocycles. The molecule has 0 unspecified atom stereocenters. The van der Waals surface area contributed by atoms with Crippen molar-refractivity contribution >= 4 is 5.96 Å². The molecule has 0 aliphatic carbocycles. The Morgan fingerprint density at radius 1 is 1.04 bits per heavy atom. The van der Waals surface area contributed by atoms with Gasteiger partial charge in [-0.15, -0.1) is 0 Å². The molecule has 0 saturated carbocycles. The van der Waals surface area contributed by atoms with Gasteiger partial charge < -0.3 is 25.0 Å². The zero-order chi connectivity index (χ0) is 16.6. The molecule has 1 heterocycles. The van der Waals surface area contributed by atoms with Crippen LogP contribution in [-0.4, -0.2) is 77.1 Å². The summed E-state index contributed by atoms with van der Waals surface area (Å²) in [5.41, 5.74) is 0. The number of methoxy groups -OCH3 is 1. The highest BCUT2D eigenvalue weighted by molar-refractivity contribution is 5.79. The molecule has 0 spiro atoms. The fourth-order valence-electron chi connectivity index (χ4n) is 2.62. The van der Waals surface area contributed by atoms with Crippen LogP contribution in [0.5, 0.6) is 0 Å². The van der Waals surface area contributed by atoms with Gasteiger partial charge in [0.25, 0.3) is 0 Å². The summed E-state index contributed by atoms with van der Waals surface area (Å²) in [5, 5.41) is 6.71. The number of ether oxygens (including phenoxy) is 2. The summed E-state index contributed by atoms with van der Waals surface area (Å²) in [6.45, 7) is 10.7. The maximum atomic E-state index is 5.44. The largest absolute Gasteiger partial charge is 0.382 e. The second-order valence-electron chi connectivity index (χ2n) is 5.90. The molecule has 0 aromatic heterocycles. The third-order valence-corrected chi connectivity index (χ3v) is 3.88. The van der Waals surface area contributed by atoms with Crippen LogP contribution in [0.15, 0.2) is 4.99 Å². The van der Waals surface area contributed by atoms with Crippen LogP contribution in [0, 0.1) is 0 Å². The van der Waals surface area contributed by atoms with Gasteiger partial charge in [-0.05, 0) is 58.7 Å². The van der Waals surface area contributed by atoms with E-state index in [0.717, 1.165) is 38.6 Å². The Hall–Kier alpha value is -0.850. The Kier molecular flexibility index (Phi) is 12.9. The highest BCUT2D eigenvalue weighted by atomic mass is 16.5. The van der Waals surface area contributed by atoms with Crippen LogP contribution >= 0.6 is 0 Å². The van der Waals surface area contributed by atoms with Crippen molar-refractivity contribution < 1.29 is 9.47 Å². The standard InChI is InChI=1S/C17H36N4O2/c1-3-18-17(20-10-8-14-23-16-15-22-2)19-9-4-5-11-21-12-6-7-13-21/h3-16H2,1-2H3,(H2,18,19,20). The minimum atomic E-state index is 0.658. The van der Waals surface area contributed by atoms with E-state index in [0.29, 0.717) is 13.2 Å². The van der Waals surface area contributed by atoms with Gasteiger partial charge in [-0.25, -0.2) is 0 Å². The molecule has 0 bridgehead atoms. The normalized spacial score (nSPS) is 16.0. The third kappa shape index (κ3) is 11.3. The molecular formula is C17H36N4O2. The Morgan fingerprint density at radius 2 is 1.87 bits per heavy atom. The van der Waals surface area contributed by atoms with E-state index in [4.69, 9.17) is 9.47 Å². The van der Waals surface area contributed by atoms with Gasteiger partial charge >= 0.3 is 0 Å². The van der Waals surface area contributed by atoms with E-state index in [1.165, 1.54) is 45.3 Å². The fourth-order valence-corrected chi connectivity index (χ4v) is 2.62. The third-order valence-electron chi connectivity index (χ3n) is 3.88. The summed E-state index contributed by atoms with van der Waals surface area (Å²) in [6, 6.07) is 0. The van der Waals surface area contributed by atoms with Crippen LogP contribution in [0.4, 0.5) is 0 Å². The predicted molar refractivity (Wildman–Crippen MR) is 96.2 cm³/mol. The number of hydrogen-bond acceptors (Lipinski definition) is 4. The topological polar surface area (TPSA) is 58.1 Å². The number of nitrogens with zero attached hydrogens (tertiary/aromatic N) is 2. The lowest BCUT2D eigenvalue weighted by molar-refractivity contribution is 0.0702. The second kappa shape index (κ2) is 14.7. The Balaban J connectivity index is 2.01. The van der Waals surface area contributed by atoms with E-state index >= 15 is 0 Å². The van der Waals surface area contributed by atoms with Crippen LogP contribution in [0.2, 0.25) is 0 Å². The zero-order valence-electron chi connectivity index (χ0n) is 15.1. The van der Waals surface area contributed by atoms with Gasteiger partial charge in [0.05, 0.1) is 13.2 Å². The summed E-state index contributed by atoms with van der Waals surface area (Å²) in [6.07, 6.45) is 6.16. The lowest BCUT2D eigenvalue weighted by Crippen LogP contribution is -2.38. The molecule has 1 rings (SSSR count). The van der Waals surface area contributed by atoms with Gasteiger partial charge in [-0.2, -0.15) is 0 Å². The van der Waals surface area contributed by atoms with Crippen LogP contribution in [-0.2, 0) is 9.47 Å². The van der Waals surface area contributed by atoms with E-state index in [1.54, 1.807) is 7.11 Å². The SMILES string of the molecule is CCNC(=NCCCOCCOC)NCCCCN1CCCC1. The van der Waals surface area contributed by atoms with E-state index in [2.05, 4.69) is 27.4 Å². The molecule has 0 amide bonds. The van der Waals surface area contributed by atoms with Crippen molar-refractivity contribution in [1.29, 1.82) is 0 Å². The number of nitrogens with one attached hydrogen (secondary N) is 2. The molecule has 0 aromatic rings. The van der Waals surface area contributed by atoms with E-state index < -0.39 is 0 Å². The average molecular weight is 329 g/mol.